The number of anilines is 1. The van der Waals surface area contributed by atoms with Gasteiger partial charge in [0.25, 0.3) is 10.0 Å². The SMILES string of the molecule is C[C@H]1CCCC[C@@H]1NC(=O)CN(c1cccc(F)c1)S(=O)(=O)c1ccccc1. The van der Waals surface area contributed by atoms with E-state index in [2.05, 4.69) is 12.2 Å². The standard InChI is InChI=1S/C21H25FN2O3S/c1-16-8-5-6-13-20(16)23-21(25)15-24(18-10-7-9-17(22)14-18)28(26,27)19-11-3-2-4-12-19/h2-4,7,9-12,14,16,20H,5-6,8,13,15H2,1H3,(H,23,25)/t16-,20-/m0/s1. The Morgan fingerprint density at radius 3 is 2.50 bits per heavy atom. The van der Waals surface area contributed by atoms with Crippen LogP contribution in [-0.2, 0) is 14.8 Å². The first-order valence-electron chi connectivity index (χ1n) is 9.50. The van der Waals surface area contributed by atoms with Crippen LogP contribution >= 0.6 is 0 Å². The summed E-state index contributed by atoms with van der Waals surface area (Å²) >= 11 is 0. The third-order valence-corrected chi connectivity index (χ3v) is 6.96. The normalized spacial score (nSPS) is 19.8. The molecule has 0 bridgehead atoms. The largest absolute Gasteiger partial charge is 0.352 e. The highest BCUT2D eigenvalue weighted by atomic mass is 32.2. The van der Waals surface area contributed by atoms with Crippen molar-refractivity contribution >= 4 is 21.6 Å². The Hall–Kier alpha value is -2.41. The van der Waals surface area contributed by atoms with E-state index in [-0.39, 0.29) is 22.5 Å². The molecule has 150 valence electrons. The Morgan fingerprint density at radius 2 is 1.82 bits per heavy atom. The number of sulfonamides is 1. The van der Waals surface area contributed by atoms with Gasteiger partial charge < -0.3 is 5.32 Å². The molecule has 0 radical (unpaired) electrons. The lowest BCUT2D eigenvalue weighted by molar-refractivity contribution is -0.120. The molecule has 28 heavy (non-hydrogen) atoms. The molecular weight excluding hydrogens is 379 g/mol. The van der Waals surface area contributed by atoms with Gasteiger partial charge in [-0.3, -0.25) is 9.10 Å². The minimum atomic E-state index is -4.01. The summed E-state index contributed by atoms with van der Waals surface area (Å²) in [6.45, 7) is 1.69. The summed E-state index contributed by atoms with van der Waals surface area (Å²) in [4.78, 5) is 12.7. The number of nitrogens with zero attached hydrogens (tertiary/aromatic N) is 1. The molecule has 3 rings (SSSR count). The van der Waals surface area contributed by atoms with E-state index in [1.165, 1.54) is 30.3 Å². The van der Waals surface area contributed by atoms with Gasteiger partial charge in [0.15, 0.2) is 0 Å². The van der Waals surface area contributed by atoms with Crippen LogP contribution in [0.1, 0.15) is 32.6 Å². The number of amides is 1. The average Bonchev–Trinajstić information content (AvgIpc) is 2.68. The van der Waals surface area contributed by atoms with Crippen LogP contribution in [0.2, 0.25) is 0 Å². The van der Waals surface area contributed by atoms with E-state index in [0.717, 1.165) is 36.1 Å². The van der Waals surface area contributed by atoms with Gasteiger partial charge in [0.2, 0.25) is 5.91 Å². The first-order chi connectivity index (χ1) is 13.4. The third-order valence-electron chi connectivity index (χ3n) is 5.17. The molecule has 1 N–H and O–H groups in total. The van der Waals surface area contributed by atoms with E-state index >= 15 is 0 Å². The van der Waals surface area contributed by atoms with Crippen LogP contribution in [0.4, 0.5) is 10.1 Å². The van der Waals surface area contributed by atoms with Crippen molar-refractivity contribution in [3.05, 3.63) is 60.4 Å². The van der Waals surface area contributed by atoms with Gasteiger partial charge >= 0.3 is 0 Å². The average molecular weight is 405 g/mol. The molecule has 0 unspecified atom stereocenters. The van der Waals surface area contributed by atoms with Gasteiger partial charge in [-0.25, -0.2) is 12.8 Å². The molecule has 2 atom stereocenters. The topological polar surface area (TPSA) is 66.5 Å². The van der Waals surface area contributed by atoms with Crippen molar-refractivity contribution in [2.24, 2.45) is 5.92 Å². The fourth-order valence-electron chi connectivity index (χ4n) is 3.58. The molecule has 0 spiro atoms. The van der Waals surface area contributed by atoms with Crippen molar-refractivity contribution < 1.29 is 17.6 Å². The molecule has 0 heterocycles. The van der Waals surface area contributed by atoms with Crippen LogP contribution in [-0.4, -0.2) is 26.9 Å². The maximum Gasteiger partial charge on any atom is 0.264 e. The molecular formula is C21H25FN2O3S. The highest BCUT2D eigenvalue weighted by Crippen LogP contribution is 2.26. The molecule has 1 fully saturated rings. The quantitative estimate of drug-likeness (QED) is 0.798. The maximum absolute atomic E-state index is 13.8. The van der Waals surface area contributed by atoms with Crippen LogP contribution in [0, 0.1) is 11.7 Å². The van der Waals surface area contributed by atoms with Crippen molar-refractivity contribution in [3.63, 3.8) is 0 Å². The number of carbonyl (C=O) groups excluding carboxylic acids is 1. The molecule has 1 amide bonds. The predicted molar refractivity (Wildman–Crippen MR) is 107 cm³/mol. The predicted octanol–water partition coefficient (Wildman–Crippen LogP) is 3.72. The van der Waals surface area contributed by atoms with Gasteiger partial charge in [0, 0.05) is 6.04 Å². The molecule has 2 aromatic rings. The van der Waals surface area contributed by atoms with E-state index in [4.69, 9.17) is 0 Å². The van der Waals surface area contributed by atoms with Crippen LogP contribution < -0.4 is 9.62 Å². The second kappa shape index (κ2) is 8.73. The van der Waals surface area contributed by atoms with Crippen LogP contribution in [0.3, 0.4) is 0 Å². The molecule has 2 aromatic carbocycles. The van der Waals surface area contributed by atoms with Crippen molar-refractivity contribution in [3.8, 4) is 0 Å². The molecule has 1 aliphatic rings. The van der Waals surface area contributed by atoms with Gasteiger partial charge in [-0.05, 0) is 49.1 Å². The van der Waals surface area contributed by atoms with Crippen LogP contribution in [0.25, 0.3) is 0 Å². The molecule has 0 saturated heterocycles. The maximum atomic E-state index is 13.8. The van der Waals surface area contributed by atoms with Crippen molar-refractivity contribution in [1.82, 2.24) is 5.32 Å². The molecule has 0 aromatic heterocycles. The van der Waals surface area contributed by atoms with Gasteiger partial charge in [-0.15, -0.1) is 0 Å². The van der Waals surface area contributed by atoms with Gasteiger partial charge in [0.05, 0.1) is 10.6 Å². The van der Waals surface area contributed by atoms with Crippen molar-refractivity contribution in [2.45, 2.75) is 43.5 Å². The summed E-state index contributed by atoms with van der Waals surface area (Å²) in [5, 5.41) is 2.97. The highest BCUT2D eigenvalue weighted by molar-refractivity contribution is 7.92. The van der Waals surface area contributed by atoms with E-state index in [0.29, 0.717) is 5.92 Å². The lowest BCUT2D eigenvalue weighted by Gasteiger charge is -2.31. The summed E-state index contributed by atoms with van der Waals surface area (Å²) in [5.74, 6) is -0.597. The van der Waals surface area contributed by atoms with Gasteiger partial charge in [0.1, 0.15) is 12.4 Å². The number of benzene rings is 2. The number of carbonyl (C=O) groups is 1. The third kappa shape index (κ3) is 4.70. The first-order valence-corrected chi connectivity index (χ1v) is 10.9. The van der Waals surface area contributed by atoms with E-state index in [1.54, 1.807) is 18.2 Å². The second-order valence-electron chi connectivity index (χ2n) is 7.24. The zero-order chi connectivity index (χ0) is 20.1. The summed E-state index contributed by atoms with van der Waals surface area (Å²) in [6, 6.07) is 13.2. The number of hydrogen-bond acceptors (Lipinski definition) is 3. The van der Waals surface area contributed by atoms with Crippen molar-refractivity contribution in [2.75, 3.05) is 10.8 Å². The number of rotatable bonds is 6. The molecule has 7 heteroatoms. The monoisotopic (exact) mass is 404 g/mol. The Kier molecular flexibility index (Phi) is 6.34. The summed E-state index contributed by atoms with van der Waals surface area (Å²) in [7, 11) is -4.01. The van der Waals surface area contributed by atoms with E-state index in [1.807, 2.05) is 0 Å². The smallest absolute Gasteiger partial charge is 0.264 e. The Balaban J connectivity index is 1.87. The molecule has 0 aliphatic heterocycles. The van der Waals surface area contributed by atoms with Gasteiger partial charge in [-0.2, -0.15) is 0 Å². The lowest BCUT2D eigenvalue weighted by atomic mass is 9.86. The number of halogens is 1. The zero-order valence-corrected chi connectivity index (χ0v) is 16.7. The number of nitrogens with one attached hydrogen (secondary N) is 1. The second-order valence-corrected chi connectivity index (χ2v) is 9.10. The fraction of sp³-hybridized carbons (Fsp3) is 0.381. The van der Waals surface area contributed by atoms with Crippen LogP contribution in [0.15, 0.2) is 59.5 Å². The molecule has 5 nitrogen and oxygen atoms in total. The Labute approximate surface area is 165 Å². The highest BCUT2D eigenvalue weighted by Gasteiger charge is 2.29. The van der Waals surface area contributed by atoms with Crippen molar-refractivity contribution in [1.29, 1.82) is 0 Å². The minimum Gasteiger partial charge on any atom is -0.352 e. The Morgan fingerprint density at radius 1 is 1.11 bits per heavy atom. The lowest BCUT2D eigenvalue weighted by Crippen LogP contribution is -2.47. The number of hydrogen-bond donors (Lipinski definition) is 1. The van der Waals surface area contributed by atoms with E-state index < -0.39 is 22.4 Å². The van der Waals surface area contributed by atoms with E-state index in [9.17, 15) is 17.6 Å². The Bertz CT molecular complexity index is 918. The first kappa shape index (κ1) is 20.3. The summed E-state index contributed by atoms with van der Waals surface area (Å²) in [5.41, 5.74) is 0.121. The molecule has 1 aliphatic carbocycles. The fourth-order valence-corrected chi connectivity index (χ4v) is 5.01. The zero-order valence-electron chi connectivity index (χ0n) is 15.8. The summed E-state index contributed by atoms with van der Waals surface area (Å²) in [6.07, 6.45) is 4.12. The minimum absolute atomic E-state index is 0.0371. The molecule has 1 saturated carbocycles. The summed E-state index contributed by atoms with van der Waals surface area (Å²) < 4.78 is 41.0. The van der Waals surface area contributed by atoms with Gasteiger partial charge in [-0.1, -0.05) is 44.0 Å². The van der Waals surface area contributed by atoms with Crippen LogP contribution in [0.5, 0.6) is 0 Å².